The molecular formula is C21H23ClN4O5S. The van der Waals surface area contributed by atoms with Gasteiger partial charge >= 0.3 is 0 Å². The summed E-state index contributed by atoms with van der Waals surface area (Å²) < 4.78 is 38.2. The minimum atomic E-state index is -3.85. The summed E-state index contributed by atoms with van der Waals surface area (Å²) in [6.45, 7) is 2.49. The van der Waals surface area contributed by atoms with Crippen LogP contribution in [0.25, 0.3) is 11.4 Å². The van der Waals surface area contributed by atoms with Crippen LogP contribution in [0.2, 0.25) is 5.02 Å². The molecule has 2 aromatic heterocycles. The summed E-state index contributed by atoms with van der Waals surface area (Å²) in [6.07, 6.45) is 2.43. The van der Waals surface area contributed by atoms with E-state index in [9.17, 15) is 13.2 Å². The zero-order valence-electron chi connectivity index (χ0n) is 17.7. The van der Waals surface area contributed by atoms with Crippen LogP contribution < -0.4 is 0 Å². The van der Waals surface area contributed by atoms with Gasteiger partial charge in [-0.25, -0.2) is 8.42 Å². The molecule has 0 radical (unpaired) electrons. The first-order valence-electron chi connectivity index (χ1n) is 10.1. The molecule has 0 unspecified atom stereocenters. The molecule has 0 atom stereocenters. The summed E-state index contributed by atoms with van der Waals surface area (Å²) in [6, 6.07) is 8.20. The van der Waals surface area contributed by atoms with Gasteiger partial charge in [-0.15, -0.1) is 0 Å². The SMILES string of the molecule is Cc1nc(-c2ccc(Cl)c(S(=O)(=O)N3CCC(C(=O)N(C)Cc4ccco4)CC3)c2)no1. The molecule has 1 saturated heterocycles. The molecule has 170 valence electrons. The number of amides is 1. The second kappa shape index (κ2) is 9.05. The largest absolute Gasteiger partial charge is 0.467 e. The van der Waals surface area contributed by atoms with E-state index >= 15 is 0 Å². The quantitative estimate of drug-likeness (QED) is 0.534. The molecule has 11 heteroatoms. The molecule has 0 N–H and O–H groups in total. The van der Waals surface area contributed by atoms with Crippen LogP contribution in [0, 0.1) is 12.8 Å². The number of sulfonamides is 1. The standard InChI is InChI=1S/C21H23ClN4O5S/c1-14-23-20(24-31-14)16-5-6-18(22)19(12-16)32(28,29)26-9-7-15(8-10-26)21(27)25(2)13-17-4-3-11-30-17/h3-6,11-12,15H,7-10,13H2,1-2H3. The van der Waals surface area contributed by atoms with Gasteiger partial charge in [0.05, 0.1) is 17.8 Å². The summed E-state index contributed by atoms with van der Waals surface area (Å²) in [4.78, 5) is 18.5. The molecule has 0 saturated carbocycles. The minimum Gasteiger partial charge on any atom is -0.467 e. The summed E-state index contributed by atoms with van der Waals surface area (Å²) in [5, 5.41) is 3.95. The molecule has 0 bridgehead atoms. The van der Waals surface area contributed by atoms with E-state index in [1.807, 2.05) is 6.07 Å². The van der Waals surface area contributed by atoms with Gasteiger partial charge in [0.2, 0.25) is 27.6 Å². The smallest absolute Gasteiger partial charge is 0.244 e. The second-order valence-electron chi connectivity index (χ2n) is 7.73. The van der Waals surface area contributed by atoms with E-state index in [1.54, 1.807) is 37.3 Å². The van der Waals surface area contributed by atoms with Crippen molar-refractivity contribution in [1.82, 2.24) is 19.3 Å². The highest BCUT2D eigenvalue weighted by Crippen LogP contribution is 2.32. The maximum Gasteiger partial charge on any atom is 0.244 e. The average Bonchev–Trinajstić information content (AvgIpc) is 3.45. The van der Waals surface area contributed by atoms with Crippen molar-refractivity contribution in [2.24, 2.45) is 5.92 Å². The van der Waals surface area contributed by atoms with E-state index < -0.39 is 10.0 Å². The molecule has 1 fully saturated rings. The Kier molecular flexibility index (Phi) is 6.36. The van der Waals surface area contributed by atoms with Crippen molar-refractivity contribution >= 4 is 27.5 Å². The lowest BCUT2D eigenvalue weighted by molar-refractivity contribution is -0.136. The van der Waals surface area contributed by atoms with Gasteiger partial charge in [-0.05, 0) is 43.2 Å². The van der Waals surface area contributed by atoms with E-state index in [4.69, 9.17) is 20.5 Å². The summed E-state index contributed by atoms with van der Waals surface area (Å²) in [5.41, 5.74) is 0.495. The summed E-state index contributed by atoms with van der Waals surface area (Å²) in [7, 11) is -2.13. The van der Waals surface area contributed by atoms with Crippen LogP contribution in [0.5, 0.6) is 0 Å². The lowest BCUT2D eigenvalue weighted by Gasteiger charge is -2.32. The van der Waals surface area contributed by atoms with Crippen LogP contribution in [0.4, 0.5) is 0 Å². The van der Waals surface area contributed by atoms with Gasteiger partial charge in [0, 0.05) is 38.5 Å². The van der Waals surface area contributed by atoms with Crippen LogP contribution >= 0.6 is 11.6 Å². The Bertz CT molecular complexity index is 1200. The van der Waals surface area contributed by atoms with Crippen molar-refractivity contribution in [2.75, 3.05) is 20.1 Å². The highest BCUT2D eigenvalue weighted by Gasteiger charge is 2.34. The van der Waals surface area contributed by atoms with E-state index in [0.717, 1.165) is 0 Å². The molecule has 1 amide bonds. The monoisotopic (exact) mass is 478 g/mol. The molecule has 1 aliphatic rings. The predicted molar refractivity (Wildman–Crippen MR) is 116 cm³/mol. The number of halogens is 1. The van der Waals surface area contributed by atoms with Gasteiger partial charge in [0.15, 0.2) is 0 Å². The number of nitrogens with zero attached hydrogens (tertiary/aromatic N) is 4. The molecule has 0 aliphatic carbocycles. The Labute approximate surface area is 191 Å². The fourth-order valence-corrected chi connectivity index (χ4v) is 5.73. The normalized spacial score (nSPS) is 15.7. The molecule has 3 aromatic rings. The molecule has 1 aliphatic heterocycles. The van der Waals surface area contributed by atoms with Gasteiger partial charge in [-0.3, -0.25) is 4.79 Å². The maximum atomic E-state index is 13.3. The number of piperidine rings is 1. The van der Waals surface area contributed by atoms with Gasteiger partial charge < -0.3 is 13.8 Å². The number of carbonyl (C=O) groups is 1. The number of hydrogen-bond acceptors (Lipinski definition) is 7. The van der Waals surface area contributed by atoms with Crippen molar-refractivity contribution in [3.63, 3.8) is 0 Å². The average molecular weight is 479 g/mol. The molecule has 4 rings (SSSR count). The number of aromatic nitrogens is 2. The van der Waals surface area contributed by atoms with Crippen LogP contribution in [0.1, 0.15) is 24.5 Å². The predicted octanol–water partition coefficient (Wildman–Crippen LogP) is 3.35. The van der Waals surface area contributed by atoms with Gasteiger partial charge in [0.1, 0.15) is 10.7 Å². The maximum absolute atomic E-state index is 13.3. The number of aryl methyl sites for hydroxylation is 1. The highest BCUT2D eigenvalue weighted by molar-refractivity contribution is 7.89. The van der Waals surface area contributed by atoms with Crippen LogP contribution in [0.15, 0.2) is 50.4 Å². The van der Waals surface area contributed by atoms with E-state index in [2.05, 4.69) is 10.1 Å². The first-order valence-corrected chi connectivity index (χ1v) is 12.0. The second-order valence-corrected chi connectivity index (χ2v) is 10.0. The topological polar surface area (TPSA) is 110 Å². The zero-order valence-corrected chi connectivity index (χ0v) is 19.3. The highest BCUT2D eigenvalue weighted by atomic mass is 35.5. The summed E-state index contributed by atoms with van der Waals surface area (Å²) in [5.74, 6) is 1.10. The molecule has 3 heterocycles. The molecule has 32 heavy (non-hydrogen) atoms. The van der Waals surface area contributed by atoms with Crippen LogP contribution in [-0.2, 0) is 21.4 Å². The Morgan fingerprint density at radius 1 is 1.28 bits per heavy atom. The minimum absolute atomic E-state index is 0.0150. The Balaban J connectivity index is 1.45. The summed E-state index contributed by atoms with van der Waals surface area (Å²) >= 11 is 6.24. The van der Waals surface area contributed by atoms with E-state index in [-0.39, 0.29) is 34.8 Å². The first kappa shape index (κ1) is 22.5. The third kappa shape index (κ3) is 4.57. The van der Waals surface area contributed by atoms with Crippen molar-refractivity contribution in [3.8, 4) is 11.4 Å². The Morgan fingerprint density at radius 2 is 2.03 bits per heavy atom. The zero-order chi connectivity index (χ0) is 22.9. The molecule has 9 nitrogen and oxygen atoms in total. The lowest BCUT2D eigenvalue weighted by atomic mass is 9.96. The van der Waals surface area contributed by atoms with E-state index in [0.29, 0.717) is 42.4 Å². The van der Waals surface area contributed by atoms with Gasteiger partial charge in [-0.2, -0.15) is 9.29 Å². The number of rotatable bonds is 6. The first-order chi connectivity index (χ1) is 15.3. The van der Waals surface area contributed by atoms with Crippen LogP contribution in [0.3, 0.4) is 0 Å². The Hall–Kier alpha value is -2.69. The fraction of sp³-hybridized carbons (Fsp3) is 0.381. The number of furan rings is 1. The third-order valence-corrected chi connectivity index (χ3v) is 7.87. The molecule has 0 spiro atoms. The molecular weight excluding hydrogens is 456 g/mol. The van der Waals surface area contributed by atoms with Crippen molar-refractivity contribution in [3.05, 3.63) is 53.3 Å². The number of benzene rings is 1. The van der Waals surface area contributed by atoms with Crippen LogP contribution in [-0.4, -0.2) is 53.8 Å². The van der Waals surface area contributed by atoms with Crippen molar-refractivity contribution in [1.29, 1.82) is 0 Å². The number of carbonyl (C=O) groups excluding carboxylic acids is 1. The van der Waals surface area contributed by atoms with Crippen molar-refractivity contribution < 1.29 is 22.2 Å². The fourth-order valence-electron chi connectivity index (χ4n) is 3.76. The number of hydrogen-bond donors (Lipinski definition) is 0. The third-order valence-electron chi connectivity index (χ3n) is 5.49. The van der Waals surface area contributed by atoms with Gasteiger partial charge in [-0.1, -0.05) is 16.8 Å². The molecule has 1 aromatic carbocycles. The Morgan fingerprint density at radius 3 is 2.66 bits per heavy atom. The van der Waals surface area contributed by atoms with Gasteiger partial charge in [0.25, 0.3) is 0 Å². The lowest BCUT2D eigenvalue weighted by Crippen LogP contribution is -2.43. The van der Waals surface area contributed by atoms with E-state index in [1.165, 1.54) is 16.4 Å². The van der Waals surface area contributed by atoms with Crippen molar-refractivity contribution in [2.45, 2.75) is 31.2 Å².